The monoisotopic (exact) mass is 451 g/mol. The lowest BCUT2D eigenvalue weighted by atomic mass is 9.74. The summed E-state index contributed by atoms with van der Waals surface area (Å²) in [4.78, 5) is 0. The summed E-state index contributed by atoms with van der Waals surface area (Å²) >= 11 is 0. The molecule has 2 heteroatoms. The quantitative estimate of drug-likeness (QED) is 0.244. The van der Waals surface area contributed by atoms with Crippen molar-refractivity contribution < 1.29 is 4.42 Å². The molecule has 2 aliphatic rings. The van der Waals surface area contributed by atoms with Crippen molar-refractivity contribution in [1.29, 1.82) is 0 Å². The fourth-order valence-electron chi connectivity index (χ4n) is 6.92. The summed E-state index contributed by atoms with van der Waals surface area (Å²) in [6.45, 7) is 4.81. The van der Waals surface area contributed by atoms with Gasteiger partial charge in [0.15, 0.2) is 5.58 Å². The predicted octanol–water partition coefficient (Wildman–Crippen LogP) is 8.80. The number of hydrogen-bond donors (Lipinski definition) is 0. The Kier molecular flexibility index (Phi) is 3.61. The van der Waals surface area contributed by atoms with Crippen molar-refractivity contribution in [2.75, 3.05) is 0 Å². The van der Waals surface area contributed by atoms with Crippen molar-refractivity contribution in [3.63, 3.8) is 0 Å². The van der Waals surface area contributed by atoms with Crippen LogP contribution in [0.2, 0.25) is 0 Å². The van der Waals surface area contributed by atoms with Crippen molar-refractivity contribution in [3.05, 3.63) is 114 Å². The Morgan fingerprint density at radius 3 is 2.40 bits per heavy atom. The zero-order chi connectivity index (χ0) is 23.3. The number of nitrogens with zero attached hydrogens (tertiary/aromatic N) is 1. The zero-order valence-electron chi connectivity index (χ0n) is 19.8. The molecule has 0 aliphatic heterocycles. The minimum Gasteiger partial charge on any atom is -0.454 e. The first-order chi connectivity index (χ1) is 17.1. The van der Waals surface area contributed by atoms with Crippen LogP contribution >= 0.6 is 0 Å². The number of fused-ring (bicyclic) bond motifs is 10. The fourth-order valence-corrected chi connectivity index (χ4v) is 6.92. The van der Waals surface area contributed by atoms with Gasteiger partial charge >= 0.3 is 0 Å². The molecule has 2 heterocycles. The van der Waals surface area contributed by atoms with E-state index >= 15 is 0 Å². The van der Waals surface area contributed by atoms with Gasteiger partial charge in [-0.3, -0.25) is 0 Å². The van der Waals surface area contributed by atoms with E-state index in [9.17, 15) is 0 Å². The predicted molar refractivity (Wildman–Crippen MR) is 146 cm³/mol. The molecule has 0 amide bonds. The normalized spacial score (nSPS) is 20.3. The molecular formula is C33H25NO. The maximum Gasteiger partial charge on any atom is 0.159 e. The summed E-state index contributed by atoms with van der Waals surface area (Å²) in [6, 6.07) is 28.4. The first kappa shape index (κ1) is 19.3. The summed E-state index contributed by atoms with van der Waals surface area (Å²) in [6.07, 6.45) is 9.26. The molecule has 0 saturated heterocycles. The SMILES string of the molecule is CC1(C)c2ccc3c(c2C2C=CC=CC21)c1ccccc1n3-c1cccc2c1oc1ccccc12. The highest BCUT2D eigenvalue weighted by Crippen LogP contribution is 2.56. The van der Waals surface area contributed by atoms with Gasteiger partial charge in [0.05, 0.1) is 16.7 Å². The number of benzene rings is 4. The number of furan rings is 1. The summed E-state index contributed by atoms with van der Waals surface area (Å²) in [5.41, 5.74) is 8.49. The molecule has 8 rings (SSSR count). The molecule has 0 radical (unpaired) electrons. The third-order valence-electron chi connectivity index (χ3n) is 8.50. The zero-order valence-corrected chi connectivity index (χ0v) is 19.8. The van der Waals surface area contributed by atoms with E-state index in [0.717, 1.165) is 27.6 Å². The highest BCUT2D eigenvalue weighted by Gasteiger charge is 2.45. The van der Waals surface area contributed by atoms with Crippen LogP contribution in [0.15, 0.2) is 108 Å². The van der Waals surface area contributed by atoms with Crippen LogP contribution in [0.1, 0.15) is 30.9 Å². The van der Waals surface area contributed by atoms with E-state index in [4.69, 9.17) is 4.42 Å². The van der Waals surface area contributed by atoms with Crippen molar-refractivity contribution in [3.8, 4) is 5.69 Å². The van der Waals surface area contributed by atoms with Crippen LogP contribution in [0.25, 0.3) is 49.4 Å². The van der Waals surface area contributed by atoms with Crippen molar-refractivity contribution >= 4 is 43.7 Å². The average molecular weight is 452 g/mol. The first-order valence-corrected chi connectivity index (χ1v) is 12.5. The molecule has 0 saturated carbocycles. The Hall–Kier alpha value is -4.04. The van der Waals surface area contributed by atoms with Gasteiger partial charge in [-0.2, -0.15) is 0 Å². The van der Waals surface area contributed by atoms with Gasteiger partial charge in [0.25, 0.3) is 0 Å². The van der Waals surface area contributed by atoms with E-state index in [2.05, 4.69) is 116 Å². The summed E-state index contributed by atoms with van der Waals surface area (Å²) in [5, 5.41) is 5.01. The fraction of sp³-hybridized carbons (Fsp3) is 0.152. The Morgan fingerprint density at radius 1 is 0.714 bits per heavy atom. The van der Waals surface area contributed by atoms with Crippen LogP contribution < -0.4 is 0 Å². The van der Waals surface area contributed by atoms with Crippen LogP contribution in [0.5, 0.6) is 0 Å². The minimum atomic E-state index is 0.0946. The van der Waals surface area contributed by atoms with Gasteiger partial charge < -0.3 is 8.98 Å². The number of hydrogen-bond acceptors (Lipinski definition) is 1. The second kappa shape index (κ2) is 6.55. The molecule has 2 atom stereocenters. The highest BCUT2D eigenvalue weighted by atomic mass is 16.3. The van der Waals surface area contributed by atoms with Gasteiger partial charge in [-0.05, 0) is 46.7 Å². The molecule has 2 nitrogen and oxygen atoms in total. The van der Waals surface area contributed by atoms with Gasteiger partial charge in [0, 0.05) is 27.5 Å². The molecule has 2 aromatic heterocycles. The Labute approximate surface area is 203 Å². The van der Waals surface area contributed by atoms with Crippen molar-refractivity contribution in [2.24, 2.45) is 5.92 Å². The lowest BCUT2D eigenvalue weighted by Gasteiger charge is -2.29. The number of para-hydroxylation sites is 3. The Balaban J connectivity index is 1.53. The lowest BCUT2D eigenvalue weighted by Crippen LogP contribution is -2.24. The van der Waals surface area contributed by atoms with Crippen LogP contribution in [-0.2, 0) is 5.41 Å². The van der Waals surface area contributed by atoms with Crippen LogP contribution in [0, 0.1) is 5.92 Å². The molecular weight excluding hydrogens is 426 g/mol. The second-order valence-corrected chi connectivity index (χ2v) is 10.6. The molecule has 0 N–H and O–H groups in total. The standard InChI is InChI=1S/C33H25NO/c1-33(2)24-14-6-3-11-22(24)30-25(33)18-19-27-31(30)23-12-4-7-15-26(23)34(27)28-16-9-13-21-20-10-5-8-17-29(20)35-32(21)28/h3-19,22,24H,1-2H3. The highest BCUT2D eigenvalue weighted by molar-refractivity contribution is 6.14. The maximum atomic E-state index is 6.48. The topological polar surface area (TPSA) is 18.1 Å². The van der Waals surface area contributed by atoms with Crippen LogP contribution in [0.4, 0.5) is 0 Å². The van der Waals surface area contributed by atoms with Gasteiger partial charge in [0.2, 0.25) is 0 Å². The smallest absolute Gasteiger partial charge is 0.159 e. The van der Waals surface area contributed by atoms with Crippen LogP contribution in [0.3, 0.4) is 0 Å². The van der Waals surface area contributed by atoms with E-state index in [-0.39, 0.29) is 5.41 Å². The molecule has 2 unspecified atom stereocenters. The maximum absolute atomic E-state index is 6.48. The minimum absolute atomic E-state index is 0.0946. The summed E-state index contributed by atoms with van der Waals surface area (Å²) in [7, 11) is 0. The second-order valence-electron chi connectivity index (χ2n) is 10.6. The summed E-state index contributed by atoms with van der Waals surface area (Å²) in [5.74, 6) is 0.879. The van der Waals surface area contributed by atoms with Gasteiger partial charge in [0.1, 0.15) is 5.58 Å². The Bertz CT molecular complexity index is 1890. The van der Waals surface area contributed by atoms with E-state index < -0.39 is 0 Å². The third-order valence-corrected chi connectivity index (χ3v) is 8.50. The molecule has 0 bridgehead atoms. The average Bonchev–Trinajstić information content (AvgIpc) is 3.51. The van der Waals surface area contributed by atoms with Crippen LogP contribution in [-0.4, -0.2) is 4.57 Å². The first-order valence-electron chi connectivity index (χ1n) is 12.5. The van der Waals surface area contributed by atoms with Gasteiger partial charge in [-0.15, -0.1) is 0 Å². The molecule has 0 fully saturated rings. The van der Waals surface area contributed by atoms with E-state index in [1.54, 1.807) is 0 Å². The van der Waals surface area contributed by atoms with E-state index in [0.29, 0.717) is 11.8 Å². The molecule has 35 heavy (non-hydrogen) atoms. The van der Waals surface area contributed by atoms with Crippen molar-refractivity contribution in [1.82, 2.24) is 4.57 Å². The molecule has 168 valence electrons. The Morgan fingerprint density at radius 2 is 1.49 bits per heavy atom. The lowest BCUT2D eigenvalue weighted by molar-refractivity contribution is 0.394. The number of allylic oxidation sites excluding steroid dienone is 4. The number of aromatic nitrogens is 1. The van der Waals surface area contributed by atoms with E-state index in [1.165, 1.54) is 32.9 Å². The largest absolute Gasteiger partial charge is 0.454 e. The van der Waals surface area contributed by atoms with Crippen molar-refractivity contribution in [2.45, 2.75) is 25.2 Å². The molecule has 0 spiro atoms. The van der Waals surface area contributed by atoms with Gasteiger partial charge in [-0.1, -0.05) is 92.7 Å². The molecule has 6 aromatic rings. The van der Waals surface area contributed by atoms with E-state index in [1.807, 2.05) is 6.07 Å². The molecule has 4 aromatic carbocycles. The summed E-state index contributed by atoms with van der Waals surface area (Å²) < 4.78 is 8.89. The van der Waals surface area contributed by atoms with Gasteiger partial charge in [-0.25, -0.2) is 0 Å². The molecule has 2 aliphatic carbocycles. The third kappa shape index (κ3) is 2.34. The number of rotatable bonds is 1.